The zero-order valence-corrected chi connectivity index (χ0v) is 12.2. The van der Waals surface area contributed by atoms with Crippen LogP contribution >= 0.6 is 0 Å². The highest BCUT2D eigenvalue weighted by atomic mass is 16.4. The summed E-state index contributed by atoms with van der Waals surface area (Å²) in [4.78, 5) is 0. The molecular formula is C17H21N3O. The molecule has 4 N–H and O–H groups in total. The summed E-state index contributed by atoms with van der Waals surface area (Å²) in [6.07, 6.45) is 1.06. The molecule has 0 heterocycles. The number of nitrogens with zero attached hydrogens (tertiary/aromatic N) is 1. The van der Waals surface area contributed by atoms with Crippen LogP contribution in [-0.2, 0) is 19.5 Å². The van der Waals surface area contributed by atoms with Crippen molar-refractivity contribution >= 4 is 5.84 Å². The molecule has 0 saturated heterocycles. The summed E-state index contributed by atoms with van der Waals surface area (Å²) in [5, 5.41) is 15.3. The Balaban J connectivity index is 1.97. The molecule has 2 aromatic rings. The molecule has 2 rings (SSSR count). The van der Waals surface area contributed by atoms with Gasteiger partial charge in [-0.1, -0.05) is 60.6 Å². The fourth-order valence-electron chi connectivity index (χ4n) is 2.21. The number of hydrogen-bond donors (Lipinski definition) is 3. The zero-order chi connectivity index (χ0) is 15.1. The standard InChI is InChI=1S/C17H21N3O/c1-2-13-7-9-14(10-8-13)11-19-12-15-5-3-4-6-16(15)17(18)20-21/h3-10,19,21H,2,11-12H2,1H3,(H2,18,20). The number of nitrogens with two attached hydrogens (primary N) is 1. The molecule has 0 unspecified atom stereocenters. The summed E-state index contributed by atoms with van der Waals surface area (Å²) in [5.74, 6) is 0.139. The van der Waals surface area contributed by atoms with Crippen molar-refractivity contribution in [3.8, 4) is 0 Å². The Morgan fingerprint density at radius 1 is 1.05 bits per heavy atom. The topological polar surface area (TPSA) is 70.6 Å². The van der Waals surface area contributed by atoms with Gasteiger partial charge in [0.1, 0.15) is 0 Å². The number of amidine groups is 1. The molecule has 0 aromatic heterocycles. The van der Waals surface area contributed by atoms with Crippen molar-refractivity contribution in [1.29, 1.82) is 0 Å². The summed E-state index contributed by atoms with van der Waals surface area (Å²) in [6, 6.07) is 16.2. The molecule has 0 spiro atoms. The van der Waals surface area contributed by atoms with E-state index in [4.69, 9.17) is 10.9 Å². The Hall–Kier alpha value is -2.33. The first kappa shape index (κ1) is 15.1. The Morgan fingerprint density at radius 2 is 1.71 bits per heavy atom. The van der Waals surface area contributed by atoms with Gasteiger partial charge in [0.2, 0.25) is 0 Å². The lowest BCUT2D eigenvalue weighted by molar-refractivity contribution is 0.318. The van der Waals surface area contributed by atoms with Crippen LogP contribution in [0.25, 0.3) is 0 Å². The van der Waals surface area contributed by atoms with Crippen molar-refractivity contribution in [3.63, 3.8) is 0 Å². The first-order valence-electron chi connectivity index (χ1n) is 7.09. The monoisotopic (exact) mass is 283 g/mol. The highest BCUT2D eigenvalue weighted by Crippen LogP contribution is 2.09. The molecule has 2 aromatic carbocycles. The number of aryl methyl sites for hydroxylation is 1. The molecule has 4 nitrogen and oxygen atoms in total. The van der Waals surface area contributed by atoms with Gasteiger partial charge in [0, 0.05) is 18.7 Å². The minimum Gasteiger partial charge on any atom is -0.409 e. The van der Waals surface area contributed by atoms with E-state index in [0.717, 1.165) is 24.1 Å². The van der Waals surface area contributed by atoms with Crippen molar-refractivity contribution in [2.24, 2.45) is 10.9 Å². The second kappa shape index (κ2) is 7.45. The third-order valence-electron chi connectivity index (χ3n) is 3.48. The third-order valence-corrected chi connectivity index (χ3v) is 3.48. The van der Waals surface area contributed by atoms with Crippen LogP contribution in [0.1, 0.15) is 29.2 Å². The van der Waals surface area contributed by atoms with Crippen LogP contribution in [-0.4, -0.2) is 11.0 Å². The predicted molar refractivity (Wildman–Crippen MR) is 85.3 cm³/mol. The van der Waals surface area contributed by atoms with E-state index in [0.29, 0.717) is 6.54 Å². The van der Waals surface area contributed by atoms with E-state index in [1.165, 1.54) is 11.1 Å². The second-order valence-electron chi connectivity index (χ2n) is 4.92. The highest BCUT2D eigenvalue weighted by Gasteiger charge is 2.05. The van der Waals surface area contributed by atoms with Gasteiger partial charge >= 0.3 is 0 Å². The zero-order valence-electron chi connectivity index (χ0n) is 12.2. The van der Waals surface area contributed by atoms with E-state index in [1.54, 1.807) is 0 Å². The lowest BCUT2D eigenvalue weighted by Gasteiger charge is -2.10. The molecule has 0 saturated carbocycles. The maximum atomic E-state index is 8.81. The molecule has 0 radical (unpaired) electrons. The minimum absolute atomic E-state index is 0.139. The van der Waals surface area contributed by atoms with Crippen molar-refractivity contribution in [1.82, 2.24) is 5.32 Å². The van der Waals surface area contributed by atoms with Gasteiger partial charge in [0.05, 0.1) is 0 Å². The molecule has 0 fully saturated rings. The van der Waals surface area contributed by atoms with Crippen LogP contribution in [0, 0.1) is 0 Å². The molecule has 0 amide bonds. The van der Waals surface area contributed by atoms with E-state index in [9.17, 15) is 0 Å². The van der Waals surface area contributed by atoms with Crippen LogP contribution < -0.4 is 11.1 Å². The molecule has 0 aliphatic heterocycles. The normalized spacial score (nSPS) is 11.6. The third kappa shape index (κ3) is 4.07. The summed E-state index contributed by atoms with van der Waals surface area (Å²) in [5.41, 5.74) is 10.0. The summed E-state index contributed by atoms with van der Waals surface area (Å²) in [7, 11) is 0. The molecule has 0 atom stereocenters. The van der Waals surface area contributed by atoms with Crippen molar-refractivity contribution in [3.05, 3.63) is 70.8 Å². The van der Waals surface area contributed by atoms with Crippen LogP contribution in [0.15, 0.2) is 53.7 Å². The molecule has 110 valence electrons. The van der Waals surface area contributed by atoms with Gasteiger partial charge < -0.3 is 16.3 Å². The molecule has 0 aliphatic carbocycles. The van der Waals surface area contributed by atoms with Gasteiger partial charge in [-0.25, -0.2) is 0 Å². The Labute approximate surface area is 125 Å². The van der Waals surface area contributed by atoms with E-state index in [1.807, 2.05) is 24.3 Å². The maximum Gasteiger partial charge on any atom is 0.170 e. The number of benzene rings is 2. The largest absolute Gasteiger partial charge is 0.409 e. The Kier molecular flexibility index (Phi) is 5.35. The van der Waals surface area contributed by atoms with Gasteiger partial charge in [-0.05, 0) is 23.1 Å². The average Bonchev–Trinajstić information content (AvgIpc) is 2.55. The van der Waals surface area contributed by atoms with Gasteiger partial charge in [0.25, 0.3) is 0 Å². The fraction of sp³-hybridized carbons (Fsp3) is 0.235. The van der Waals surface area contributed by atoms with Gasteiger partial charge in [-0.2, -0.15) is 0 Å². The first-order chi connectivity index (χ1) is 10.2. The smallest absolute Gasteiger partial charge is 0.170 e. The van der Waals surface area contributed by atoms with Crippen molar-refractivity contribution in [2.75, 3.05) is 0 Å². The number of hydrogen-bond acceptors (Lipinski definition) is 3. The first-order valence-corrected chi connectivity index (χ1v) is 7.09. The van der Waals surface area contributed by atoms with E-state index >= 15 is 0 Å². The van der Waals surface area contributed by atoms with Gasteiger partial charge in [-0.15, -0.1) is 0 Å². The molecule has 21 heavy (non-hydrogen) atoms. The SMILES string of the molecule is CCc1ccc(CNCc2ccccc2/C(N)=N/O)cc1. The summed E-state index contributed by atoms with van der Waals surface area (Å²) < 4.78 is 0. The van der Waals surface area contributed by atoms with E-state index in [-0.39, 0.29) is 5.84 Å². The van der Waals surface area contributed by atoms with E-state index < -0.39 is 0 Å². The van der Waals surface area contributed by atoms with Crippen LogP contribution in [0.5, 0.6) is 0 Å². The molecule has 0 aliphatic rings. The minimum atomic E-state index is 0.139. The van der Waals surface area contributed by atoms with Crippen LogP contribution in [0.3, 0.4) is 0 Å². The van der Waals surface area contributed by atoms with Crippen molar-refractivity contribution in [2.45, 2.75) is 26.4 Å². The van der Waals surface area contributed by atoms with Crippen LogP contribution in [0.4, 0.5) is 0 Å². The molecule has 4 heteroatoms. The maximum absolute atomic E-state index is 8.81. The lowest BCUT2D eigenvalue weighted by Crippen LogP contribution is -2.19. The quantitative estimate of drug-likeness (QED) is 0.330. The molecule has 0 bridgehead atoms. The number of oxime groups is 1. The predicted octanol–water partition coefficient (Wildman–Crippen LogP) is 2.63. The van der Waals surface area contributed by atoms with Gasteiger partial charge in [-0.3, -0.25) is 0 Å². The number of rotatable bonds is 6. The summed E-state index contributed by atoms with van der Waals surface area (Å²) >= 11 is 0. The summed E-state index contributed by atoms with van der Waals surface area (Å²) in [6.45, 7) is 3.60. The Bertz CT molecular complexity index is 606. The molecular weight excluding hydrogens is 262 g/mol. The average molecular weight is 283 g/mol. The Morgan fingerprint density at radius 3 is 2.38 bits per heavy atom. The van der Waals surface area contributed by atoms with E-state index in [2.05, 4.69) is 41.7 Å². The highest BCUT2D eigenvalue weighted by molar-refractivity contribution is 5.98. The van der Waals surface area contributed by atoms with Crippen molar-refractivity contribution < 1.29 is 5.21 Å². The fourth-order valence-corrected chi connectivity index (χ4v) is 2.21. The number of nitrogens with one attached hydrogen (secondary N) is 1. The van der Waals surface area contributed by atoms with Gasteiger partial charge in [0.15, 0.2) is 5.84 Å². The second-order valence-corrected chi connectivity index (χ2v) is 4.92. The lowest BCUT2D eigenvalue weighted by atomic mass is 10.1. The van der Waals surface area contributed by atoms with Crippen LogP contribution in [0.2, 0.25) is 0 Å².